The maximum Gasteiger partial charge on any atom is 0.274 e. The molecule has 156 valence electrons. The molecule has 0 aromatic carbocycles. The van der Waals surface area contributed by atoms with Crippen LogP contribution in [0.25, 0.3) is 10.2 Å². The number of aliphatic hydroxyl groups is 1. The molecule has 1 aliphatic carbocycles. The van der Waals surface area contributed by atoms with Gasteiger partial charge in [0.1, 0.15) is 5.69 Å². The SMILES string of the molecule is CC1CN(c2ccncc2NC(=O)c2ccc3sc(C4CC4)cc3n2)CC(N)C1O. The zero-order chi connectivity index (χ0) is 20.8. The minimum atomic E-state index is -0.525. The number of fused-ring (bicyclic) bond motifs is 1. The lowest BCUT2D eigenvalue weighted by Gasteiger charge is -2.40. The van der Waals surface area contributed by atoms with Crippen LogP contribution in [0, 0.1) is 5.92 Å². The van der Waals surface area contributed by atoms with E-state index in [-0.39, 0.29) is 17.9 Å². The van der Waals surface area contributed by atoms with Gasteiger partial charge >= 0.3 is 0 Å². The number of carbonyl (C=O) groups excluding carboxylic acids is 1. The molecule has 3 atom stereocenters. The first-order valence-corrected chi connectivity index (χ1v) is 11.2. The molecule has 3 unspecified atom stereocenters. The van der Waals surface area contributed by atoms with E-state index in [1.165, 1.54) is 17.7 Å². The van der Waals surface area contributed by atoms with Gasteiger partial charge in [0, 0.05) is 36.1 Å². The quantitative estimate of drug-likeness (QED) is 0.596. The summed E-state index contributed by atoms with van der Waals surface area (Å²) in [5, 5.41) is 13.1. The van der Waals surface area contributed by atoms with E-state index in [0.29, 0.717) is 30.4 Å². The predicted octanol–water partition coefficient (Wildman–Crippen LogP) is 2.97. The predicted molar refractivity (Wildman–Crippen MR) is 119 cm³/mol. The van der Waals surface area contributed by atoms with Gasteiger partial charge in [0.05, 0.1) is 33.9 Å². The van der Waals surface area contributed by atoms with Crippen LogP contribution in [-0.4, -0.2) is 46.2 Å². The highest BCUT2D eigenvalue weighted by atomic mass is 32.1. The fraction of sp³-hybridized carbons (Fsp3) is 0.409. The van der Waals surface area contributed by atoms with Gasteiger partial charge < -0.3 is 21.1 Å². The number of aliphatic hydroxyl groups excluding tert-OH is 1. The summed E-state index contributed by atoms with van der Waals surface area (Å²) in [5.74, 6) is 0.449. The molecule has 5 rings (SSSR count). The molecule has 4 N–H and O–H groups in total. The summed E-state index contributed by atoms with van der Waals surface area (Å²) in [7, 11) is 0. The van der Waals surface area contributed by atoms with Crippen molar-refractivity contribution in [2.75, 3.05) is 23.3 Å². The first kappa shape index (κ1) is 19.4. The van der Waals surface area contributed by atoms with E-state index in [1.54, 1.807) is 29.8 Å². The highest BCUT2D eigenvalue weighted by Gasteiger charge is 2.32. The number of aromatic nitrogens is 2. The number of nitrogens with zero attached hydrogens (tertiary/aromatic N) is 3. The molecule has 7 nitrogen and oxygen atoms in total. The van der Waals surface area contributed by atoms with Gasteiger partial charge in [-0.15, -0.1) is 11.3 Å². The van der Waals surface area contributed by atoms with Crippen LogP contribution in [0.1, 0.15) is 41.0 Å². The standard InChI is InChI=1S/C22H25N5O2S/c1-12-10-27(11-14(23)21(12)28)18-6-7-24-9-17(18)26-22(29)15-4-5-19-16(25-15)8-20(30-19)13-2-3-13/h4-9,12-14,21,28H,2-3,10-11,23H2,1H3,(H,26,29). The Bertz CT molecular complexity index is 1080. The number of anilines is 2. The van der Waals surface area contributed by atoms with Crippen molar-refractivity contribution in [1.82, 2.24) is 9.97 Å². The molecule has 8 heteroatoms. The van der Waals surface area contributed by atoms with Crippen LogP contribution in [0.5, 0.6) is 0 Å². The molecule has 30 heavy (non-hydrogen) atoms. The molecule has 1 saturated carbocycles. The molecule has 0 spiro atoms. The van der Waals surface area contributed by atoms with Crippen molar-refractivity contribution in [1.29, 1.82) is 0 Å². The van der Waals surface area contributed by atoms with Gasteiger partial charge in [-0.3, -0.25) is 9.78 Å². The summed E-state index contributed by atoms with van der Waals surface area (Å²) >= 11 is 1.77. The summed E-state index contributed by atoms with van der Waals surface area (Å²) in [4.78, 5) is 25.2. The maximum atomic E-state index is 12.9. The third kappa shape index (κ3) is 3.66. The van der Waals surface area contributed by atoms with Crippen LogP contribution in [0.3, 0.4) is 0 Å². The van der Waals surface area contributed by atoms with E-state index >= 15 is 0 Å². The molecular weight excluding hydrogens is 398 g/mol. The Hall–Kier alpha value is -2.55. The molecule has 1 aliphatic heterocycles. The Morgan fingerprint density at radius 1 is 1.30 bits per heavy atom. The largest absolute Gasteiger partial charge is 0.391 e. The molecule has 0 radical (unpaired) electrons. The van der Waals surface area contributed by atoms with E-state index in [2.05, 4.69) is 26.3 Å². The van der Waals surface area contributed by atoms with Crippen LogP contribution in [0.2, 0.25) is 0 Å². The number of amides is 1. The van der Waals surface area contributed by atoms with Crippen molar-refractivity contribution in [2.24, 2.45) is 11.7 Å². The number of piperidine rings is 1. The summed E-state index contributed by atoms with van der Waals surface area (Å²) in [6.07, 6.45) is 5.31. The van der Waals surface area contributed by atoms with E-state index in [4.69, 9.17) is 5.73 Å². The highest BCUT2D eigenvalue weighted by Crippen LogP contribution is 2.44. The average Bonchev–Trinajstić information content (AvgIpc) is 3.50. The molecule has 3 aromatic rings. The number of hydrogen-bond acceptors (Lipinski definition) is 7. The normalized spacial score (nSPS) is 24.2. The number of hydrogen-bond donors (Lipinski definition) is 3. The first-order chi connectivity index (χ1) is 14.5. The number of nitrogens with one attached hydrogen (secondary N) is 1. The van der Waals surface area contributed by atoms with Crippen LogP contribution in [-0.2, 0) is 0 Å². The van der Waals surface area contributed by atoms with Gasteiger partial charge in [-0.1, -0.05) is 6.92 Å². The second kappa shape index (κ2) is 7.61. The fourth-order valence-corrected chi connectivity index (χ4v) is 5.27. The molecule has 4 heterocycles. The molecule has 2 fully saturated rings. The van der Waals surface area contributed by atoms with Crippen molar-refractivity contribution in [3.63, 3.8) is 0 Å². The van der Waals surface area contributed by atoms with Crippen molar-refractivity contribution >= 4 is 38.8 Å². The number of nitrogens with two attached hydrogens (primary N) is 1. The zero-order valence-electron chi connectivity index (χ0n) is 16.8. The number of rotatable bonds is 4. The lowest BCUT2D eigenvalue weighted by molar-refractivity contribution is 0.0785. The minimum Gasteiger partial charge on any atom is -0.391 e. The van der Waals surface area contributed by atoms with Crippen LogP contribution < -0.4 is 16.0 Å². The Morgan fingerprint density at radius 3 is 2.90 bits per heavy atom. The summed E-state index contributed by atoms with van der Waals surface area (Å²) in [6, 6.07) is 7.39. The van der Waals surface area contributed by atoms with Crippen molar-refractivity contribution in [3.8, 4) is 0 Å². The van der Waals surface area contributed by atoms with Gasteiger partial charge in [-0.2, -0.15) is 0 Å². The molecular formula is C22H25N5O2S. The average molecular weight is 424 g/mol. The summed E-state index contributed by atoms with van der Waals surface area (Å²) < 4.78 is 1.12. The number of thiophene rings is 1. The Labute approximate surface area is 178 Å². The van der Waals surface area contributed by atoms with Gasteiger partial charge in [-0.05, 0) is 43.0 Å². The molecule has 3 aromatic heterocycles. The van der Waals surface area contributed by atoms with Crippen LogP contribution >= 0.6 is 11.3 Å². The van der Waals surface area contributed by atoms with Crippen LogP contribution in [0.4, 0.5) is 11.4 Å². The second-order valence-electron chi connectivity index (χ2n) is 8.39. The van der Waals surface area contributed by atoms with Crippen molar-refractivity contribution in [2.45, 2.75) is 37.8 Å². The third-order valence-electron chi connectivity index (χ3n) is 5.95. The monoisotopic (exact) mass is 423 g/mol. The molecule has 1 saturated heterocycles. The number of pyridine rings is 2. The maximum absolute atomic E-state index is 12.9. The molecule has 0 bridgehead atoms. The van der Waals surface area contributed by atoms with E-state index in [0.717, 1.165) is 15.9 Å². The summed E-state index contributed by atoms with van der Waals surface area (Å²) in [6.45, 7) is 3.15. The minimum absolute atomic E-state index is 0.0359. The van der Waals surface area contributed by atoms with E-state index in [9.17, 15) is 9.90 Å². The van der Waals surface area contributed by atoms with Gasteiger partial charge in [0.15, 0.2) is 0 Å². The van der Waals surface area contributed by atoms with E-state index < -0.39 is 6.10 Å². The third-order valence-corrected chi connectivity index (χ3v) is 7.21. The van der Waals surface area contributed by atoms with Crippen LogP contribution in [0.15, 0.2) is 36.7 Å². The number of carbonyl (C=O) groups is 1. The zero-order valence-corrected chi connectivity index (χ0v) is 17.6. The second-order valence-corrected chi connectivity index (χ2v) is 9.50. The molecule has 2 aliphatic rings. The fourth-order valence-electron chi connectivity index (χ4n) is 4.10. The summed E-state index contributed by atoms with van der Waals surface area (Å²) in [5.41, 5.74) is 8.84. The first-order valence-electron chi connectivity index (χ1n) is 10.3. The lowest BCUT2D eigenvalue weighted by atomic mass is 9.92. The smallest absolute Gasteiger partial charge is 0.274 e. The van der Waals surface area contributed by atoms with Crippen molar-refractivity contribution in [3.05, 3.63) is 47.2 Å². The Balaban J connectivity index is 1.38. The van der Waals surface area contributed by atoms with Gasteiger partial charge in [0.25, 0.3) is 5.91 Å². The van der Waals surface area contributed by atoms with E-state index in [1.807, 2.05) is 19.1 Å². The van der Waals surface area contributed by atoms with Crippen molar-refractivity contribution < 1.29 is 9.90 Å². The topological polar surface area (TPSA) is 104 Å². The molecule has 1 amide bonds. The highest BCUT2D eigenvalue weighted by molar-refractivity contribution is 7.19. The lowest BCUT2D eigenvalue weighted by Crippen LogP contribution is -2.55. The van der Waals surface area contributed by atoms with Gasteiger partial charge in [-0.25, -0.2) is 4.98 Å². The Kier molecular flexibility index (Phi) is 4.92. The Morgan fingerprint density at radius 2 is 2.13 bits per heavy atom. The van der Waals surface area contributed by atoms with Gasteiger partial charge in [0.2, 0.25) is 0 Å².